The largest absolute Gasteiger partial charge is 0.491 e. The monoisotopic (exact) mass is 306 g/mol. The summed E-state index contributed by atoms with van der Waals surface area (Å²) in [6.45, 7) is 9.85. The Balaban J connectivity index is 1.71. The van der Waals surface area contributed by atoms with Crippen molar-refractivity contribution >= 4 is 5.78 Å². The number of carbonyl (C=O) groups is 1. The number of hydrogen-bond acceptors (Lipinski definition) is 5. The third-order valence-electron chi connectivity index (χ3n) is 4.08. The maximum atomic E-state index is 11.2. The summed E-state index contributed by atoms with van der Waals surface area (Å²) < 4.78 is 5.59. The van der Waals surface area contributed by atoms with Crippen LogP contribution in [0.3, 0.4) is 0 Å². The van der Waals surface area contributed by atoms with E-state index in [1.165, 1.54) is 6.92 Å². The molecule has 122 valence electrons. The number of ketones is 1. The van der Waals surface area contributed by atoms with Gasteiger partial charge in [0, 0.05) is 38.3 Å². The van der Waals surface area contributed by atoms with Crippen LogP contribution in [0.5, 0.6) is 5.75 Å². The standard InChI is InChI=1S/C17H26N2O3/c1-3-18-8-10-19(11-9-18)12-16(21)13-22-17-6-4-15(5-7-17)14(2)20/h4-7,16,21H,3,8-13H2,1-2H3/t16-/m1/s1. The van der Waals surface area contributed by atoms with Crippen LogP contribution in [-0.4, -0.2) is 72.7 Å². The van der Waals surface area contributed by atoms with Crippen molar-refractivity contribution < 1.29 is 14.6 Å². The molecule has 22 heavy (non-hydrogen) atoms. The number of piperazine rings is 1. The lowest BCUT2D eigenvalue weighted by Gasteiger charge is -2.34. The molecule has 0 saturated carbocycles. The Labute approximate surface area is 132 Å². The molecule has 1 heterocycles. The van der Waals surface area contributed by atoms with E-state index in [9.17, 15) is 9.90 Å². The summed E-state index contributed by atoms with van der Waals surface area (Å²) in [4.78, 5) is 15.9. The third-order valence-corrected chi connectivity index (χ3v) is 4.08. The van der Waals surface area contributed by atoms with Gasteiger partial charge in [-0.2, -0.15) is 0 Å². The van der Waals surface area contributed by atoms with Crippen molar-refractivity contribution in [2.45, 2.75) is 20.0 Å². The van der Waals surface area contributed by atoms with Crippen LogP contribution in [0.25, 0.3) is 0 Å². The van der Waals surface area contributed by atoms with Gasteiger partial charge in [-0.1, -0.05) is 6.92 Å². The van der Waals surface area contributed by atoms with E-state index in [-0.39, 0.29) is 12.4 Å². The first kappa shape index (κ1) is 16.9. The van der Waals surface area contributed by atoms with E-state index in [2.05, 4.69) is 16.7 Å². The lowest BCUT2D eigenvalue weighted by atomic mass is 10.1. The number of β-amino-alcohol motifs (C(OH)–C–C–N with tert-alkyl or cyclic N) is 1. The van der Waals surface area contributed by atoms with Crippen LogP contribution in [0.15, 0.2) is 24.3 Å². The quantitative estimate of drug-likeness (QED) is 0.769. The van der Waals surface area contributed by atoms with Crippen LogP contribution in [0.4, 0.5) is 0 Å². The second-order valence-electron chi connectivity index (χ2n) is 5.78. The molecule has 1 aliphatic rings. The van der Waals surface area contributed by atoms with Crippen molar-refractivity contribution in [1.29, 1.82) is 0 Å². The first-order valence-electron chi connectivity index (χ1n) is 7.95. The fraction of sp³-hybridized carbons (Fsp3) is 0.588. The first-order valence-corrected chi connectivity index (χ1v) is 7.95. The summed E-state index contributed by atoms with van der Waals surface area (Å²) in [5.41, 5.74) is 0.668. The molecule has 0 aliphatic carbocycles. The second kappa shape index (κ2) is 8.27. The highest BCUT2D eigenvalue weighted by Gasteiger charge is 2.18. The lowest BCUT2D eigenvalue weighted by molar-refractivity contribution is 0.0471. The molecule has 1 N–H and O–H groups in total. The number of ether oxygens (including phenoxy) is 1. The summed E-state index contributed by atoms with van der Waals surface area (Å²) in [5.74, 6) is 0.720. The Morgan fingerprint density at radius 3 is 2.32 bits per heavy atom. The van der Waals surface area contributed by atoms with Gasteiger partial charge in [-0.3, -0.25) is 9.69 Å². The third kappa shape index (κ3) is 5.09. The number of aliphatic hydroxyl groups is 1. The fourth-order valence-electron chi connectivity index (χ4n) is 2.62. The molecule has 5 nitrogen and oxygen atoms in total. The number of Topliss-reactive ketones (excluding diaryl/α,β-unsaturated/α-hetero) is 1. The number of carbonyl (C=O) groups excluding carboxylic acids is 1. The minimum Gasteiger partial charge on any atom is -0.491 e. The second-order valence-corrected chi connectivity index (χ2v) is 5.78. The van der Waals surface area contributed by atoms with Crippen LogP contribution >= 0.6 is 0 Å². The number of benzene rings is 1. The Bertz CT molecular complexity index is 467. The average Bonchev–Trinajstić information content (AvgIpc) is 2.54. The summed E-state index contributed by atoms with van der Waals surface area (Å²) in [7, 11) is 0. The van der Waals surface area contributed by atoms with Crippen LogP contribution in [0.1, 0.15) is 24.2 Å². The van der Waals surface area contributed by atoms with Crippen molar-refractivity contribution in [2.24, 2.45) is 0 Å². The van der Waals surface area contributed by atoms with E-state index in [1.807, 2.05) is 0 Å². The normalized spacial score (nSPS) is 18.1. The smallest absolute Gasteiger partial charge is 0.159 e. The molecule has 0 amide bonds. The van der Waals surface area contributed by atoms with Crippen molar-refractivity contribution in [3.8, 4) is 5.75 Å². The number of likely N-dealkylation sites (N-methyl/N-ethyl adjacent to an activating group) is 1. The molecular formula is C17H26N2O3. The minimum atomic E-state index is -0.499. The predicted molar refractivity (Wildman–Crippen MR) is 86.5 cm³/mol. The van der Waals surface area contributed by atoms with E-state index in [1.54, 1.807) is 24.3 Å². The molecule has 1 saturated heterocycles. The summed E-state index contributed by atoms with van der Waals surface area (Å²) in [6, 6.07) is 7.02. The van der Waals surface area contributed by atoms with E-state index < -0.39 is 6.10 Å². The summed E-state index contributed by atoms with van der Waals surface area (Å²) >= 11 is 0. The van der Waals surface area contributed by atoms with Crippen molar-refractivity contribution in [2.75, 3.05) is 45.9 Å². The van der Waals surface area contributed by atoms with Crippen molar-refractivity contribution in [1.82, 2.24) is 9.80 Å². The molecule has 1 aromatic carbocycles. The highest BCUT2D eigenvalue weighted by Crippen LogP contribution is 2.13. The Kier molecular flexibility index (Phi) is 6.36. The zero-order chi connectivity index (χ0) is 15.9. The predicted octanol–water partition coefficient (Wildman–Crippen LogP) is 1.27. The first-order chi connectivity index (χ1) is 10.6. The molecule has 1 aromatic rings. The molecule has 0 radical (unpaired) electrons. The topological polar surface area (TPSA) is 53.0 Å². The van der Waals surface area contributed by atoms with Crippen LogP contribution in [0, 0.1) is 0 Å². The van der Waals surface area contributed by atoms with Gasteiger partial charge in [0.2, 0.25) is 0 Å². The van der Waals surface area contributed by atoms with Gasteiger partial charge in [0.05, 0.1) is 0 Å². The maximum absolute atomic E-state index is 11.2. The molecule has 0 aromatic heterocycles. The van der Waals surface area contributed by atoms with Gasteiger partial charge in [0.15, 0.2) is 5.78 Å². The van der Waals surface area contributed by atoms with Crippen LogP contribution in [0.2, 0.25) is 0 Å². The maximum Gasteiger partial charge on any atom is 0.159 e. The van der Waals surface area contributed by atoms with Gasteiger partial charge in [0.1, 0.15) is 18.5 Å². The van der Waals surface area contributed by atoms with Crippen molar-refractivity contribution in [3.63, 3.8) is 0 Å². The zero-order valence-corrected chi connectivity index (χ0v) is 13.5. The Morgan fingerprint density at radius 1 is 1.18 bits per heavy atom. The van der Waals surface area contributed by atoms with E-state index in [4.69, 9.17) is 4.74 Å². The minimum absolute atomic E-state index is 0.0396. The fourth-order valence-corrected chi connectivity index (χ4v) is 2.62. The average molecular weight is 306 g/mol. The Morgan fingerprint density at radius 2 is 1.77 bits per heavy atom. The van der Waals surface area contributed by atoms with Crippen molar-refractivity contribution in [3.05, 3.63) is 29.8 Å². The Hall–Kier alpha value is -1.43. The highest BCUT2D eigenvalue weighted by atomic mass is 16.5. The number of aliphatic hydroxyl groups excluding tert-OH is 1. The van der Waals surface area contributed by atoms with Gasteiger partial charge < -0.3 is 14.7 Å². The number of hydrogen-bond donors (Lipinski definition) is 1. The molecule has 5 heteroatoms. The SMILES string of the molecule is CCN1CCN(C[C@@H](O)COc2ccc(C(C)=O)cc2)CC1. The number of rotatable bonds is 7. The molecule has 1 fully saturated rings. The summed E-state index contributed by atoms with van der Waals surface area (Å²) in [5, 5.41) is 10.1. The van der Waals surface area contributed by atoms with Crippen LogP contribution < -0.4 is 4.74 Å². The van der Waals surface area contributed by atoms with Gasteiger partial charge in [-0.05, 0) is 37.7 Å². The molecule has 0 spiro atoms. The molecule has 1 aliphatic heterocycles. The van der Waals surface area contributed by atoms with Gasteiger partial charge in [-0.15, -0.1) is 0 Å². The van der Waals surface area contributed by atoms with Gasteiger partial charge >= 0.3 is 0 Å². The van der Waals surface area contributed by atoms with E-state index >= 15 is 0 Å². The summed E-state index contributed by atoms with van der Waals surface area (Å²) in [6.07, 6.45) is -0.499. The molecule has 1 atom stereocenters. The lowest BCUT2D eigenvalue weighted by Crippen LogP contribution is -2.49. The van der Waals surface area contributed by atoms with E-state index in [0.717, 1.165) is 32.7 Å². The molecule has 2 rings (SSSR count). The number of nitrogens with zero attached hydrogens (tertiary/aromatic N) is 2. The molecule has 0 unspecified atom stereocenters. The van der Waals surface area contributed by atoms with Gasteiger partial charge in [0.25, 0.3) is 0 Å². The zero-order valence-electron chi connectivity index (χ0n) is 13.5. The molecular weight excluding hydrogens is 280 g/mol. The van der Waals surface area contributed by atoms with Gasteiger partial charge in [-0.25, -0.2) is 0 Å². The highest BCUT2D eigenvalue weighted by molar-refractivity contribution is 5.94. The molecule has 0 bridgehead atoms. The van der Waals surface area contributed by atoms with E-state index in [0.29, 0.717) is 17.9 Å². The van der Waals surface area contributed by atoms with Crippen LogP contribution in [-0.2, 0) is 0 Å².